The number of rotatable bonds is 3. The van der Waals surface area contributed by atoms with Crippen molar-refractivity contribution in [1.29, 1.82) is 0 Å². The van der Waals surface area contributed by atoms with Gasteiger partial charge in [-0.25, -0.2) is 9.97 Å². The second-order valence-electron chi connectivity index (χ2n) is 4.99. The summed E-state index contributed by atoms with van der Waals surface area (Å²) in [5, 5.41) is 20.1. The van der Waals surface area contributed by atoms with E-state index in [1.807, 2.05) is 17.0 Å². The Morgan fingerprint density at radius 1 is 1.09 bits per heavy atom. The van der Waals surface area contributed by atoms with Crippen LogP contribution in [0.25, 0.3) is 0 Å². The van der Waals surface area contributed by atoms with Gasteiger partial charge in [0, 0.05) is 37.9 Å². The number of phenolic OH excluding ortho intramolecular Hbond substituents is 1. The minimum atomic E-state index is -0.510. The molecule has 0 atom stereocenters. The van der Waals surface area contributed by atoms with Crippen molar-refractivity contribution in [3.05, 3.63) is 46.8 Å². The zero-order valence-corrected chi connectivity index (χ0v) is 11.8. The van der Waals surface area contributed by atoms with Crippen LogP contribution in [0.5, 0.6) is 5.75 Å². The van der Waals surface area contributed by atoms with Crippen LogP contribution in [0, 0.1) is 10.1 Å². The van der Waals surface area contributed by atoms with Crippen molar-refractivity contribution < 1.29 is 10.0 Å². The first-order valence-corrected chi connectivity index (χ1v) is 6.89. The molecular formula is C14H15N5O3. The lowest BCUT2D eigenvalue weighted by Gasteiger charge is -2.36. The third kappa shape index (κ3) is 2.90. The van der Waals surface area contributed by atoms with Crippen molar-refractivity contribution in [3.8, 4) is 5.75 Å². The Hall–Kier alpha value is -2.90. The molecule has 1 saturated heterocycles. The quantitative estimate of drug-likeness (QED) is 0.676. The van der Waals surface area contributed by atoms with Crippen LogP contribution in [0.2, 0.25) is 0 Å². The number of hydrogen-bond acceptors (Lipinski definition) is 7. The molecule has 0 saturated carbocycles. The molecule has 0 bridgehead atoms. The largest absolute Gasteiger partial charge is 0.508 e. The summed E-state index contributed by atoms with van der Waals surface area (Å²) in [5.41, 5.74) is 0.867. The lowest BCUT2D eigenvalue weighted by Crippen LogP contribution is -2.47. The molecule has 114 valence electrons. The van der Waals surface area contributed by atoms with Crippen LogP contribution in [-0.4, -0.2) is 46.2 Å². The fraction of sp³-hybridized carbons (Fsp3) is 0.286. The van der Waals surface area contributed by atoms with Gasteiger partial charge in [-0.15, -0.1) is 0 Å². The molecule has 1 fully saturated rings. The van der Waals surface area contributed by atoms with Gasteiger partial charge in [0.05, 0.1) is 4.92 Å². The van der Waals surface area contributed by atoms with Gasteiger partial charge in [-0.3, -0.25) is 10.1 Å². The zero-order chi connectivity index (χ0) is 15.5. The van der Waals surface area contributed by atoms with Crippen LogP contribution in [0.1, 0.15) is 0 Å². The van der Waals surface area contributed by atoms with E-state index >= 15 is 0 Å². The van der Waals surface area contributed by atoms with E-state index in [9.17, 15) is 15.2 Å². The Bertz CT molecular complexity index is 668. The van der Waals surface area contributed by atoms with E-state index in [-0.39, 0.29) is 11.4 Å². The van der Waals surface area contributed by atoms with E-state index in [1.165, 1.54) is 12.4 Å². The van der Waals surface area contributed by atoms with Crippen LogP contribution in [-0.2, 0) is 0 Å². The molecule has 0 spiro atoms. The molecule has 0 amide bonds. The molecule has 0 radical (unpaired) electrons. The van der Waals surface area contributed by atoms with E-state index in [0.717, 1.165) is 18.8 Å². The summed E-state index contributed by atoms with van der Waals surface area (Å²) in [6.45, 7) is 2.97. The minimum Gasteiger partial charge on any atom is -0.508 e. The van der Waals surface area contributed by atoms with E-state index in [0.29, 0.717) is 19.0 Å². The molecule has 2 heterocycles. The molecular weight excluding hydrogens is 286 g/mol. The number of nitrogens with zero attached hydrogens (tertiary/aromatic N) is 5. The van der Waals surface area contributed by atoms with Crippen molar-refractivity contribution in [2.24, 2.45) is 0 Å². The van der Waals surface area contributed by atoms with Crippen LogP contribution >= 0.6 is 0 Å². The topological polar surface area (TPSA) is 95.6 Å². The molecule has 1 aliphatic rings. The number of phenols is 1. The molecule has 1 N–H and O–H groups in total. The fourth-order valence-corrected chi connectivity index (χ4v) is 2.43. The van der Waals surface area contributed by atoms with Crippen LogP contribution in [0.15, 0.2) is 36.7 Å². The van der Waals surface area contributed by atoms with E-state index < -0.39 is 4.92 Å². The van der Waals surface area contributed by atoms with Crippen LogP contribution < -0.4 is 9.80 Å². The van der Waals surface area contributed by atoms with Crippen molar-refractivity contribution in [3.63, 3.8) is 0 Å². The summed E-state index contributed by atoms with van der Waals surface area (Å²) in [7, 11) is 0. The molecule has 0 aliphatic carbocycles. The maximum atomic E-state index is 10.6. The van der Waals surface area contributed by atoms with Gasteiger partial charge >= 0.3 is 5.69 Å². The maximum Gasteiger partial charge on any atom is 0.305 e. The molecule has 1 aliphatic heterocycles. The molecule has 0 unspecified atom stereocenters. The summed E-state index contributed by atoms with van der Waals surface area (Å²) in [5.74, 6) is 0.750. The van der Waals surface area contributed by atoms with Gasteiger partial charge in [0.15, 0.2) is 0 Å². The second-order valence-corrected chi connectivity index (χ2v) is 4.99. The Kier molecular flexibility index (Phi) is 3.73. The van der Waals surface area contributed by atoms with Crippen molar-refractivity contribution in [2.75, 3.05) is 36.0 Å². The zero-order valence-electron chi connectivity index (χ0n) is 11.8. The Morgan fingerprint density at radius 2 is 1.73 bits per heavy atom. The van der Waals surface area contributed by atoms with Gasteiger partial charge in [0.25, 0.3) is 0 Å². The summed E-state index contributed by atoms with van der Waals surface area (Å²) >= 11 is 0. The van der Waals surface area contributed by atoms with Crippen molar-refractivity contribution >= 4 is 17.3 Å². The predicted molar refractivity (Wildman–Crippen MR) is 81.2 cm³/mol. The number of nitro groups is 1. The lowest BCUT2D eigenvalue weighted by atomic mass is 10.2. The van der Waals surface area contributed by atoms with E-state index in [4.69, 9.17) is 0 Å². The Morgan fingerprint density at radius 3 is 2.32 bits per heavy atom. The SMILES string of the molecule is O=[N+]([O-])c1cnc(N2CCN(c3cccc(O)c3)CC2)nc1. The average molecular weight is 301 g/mol. The normalized spacial score (nSPS) is 14.9. The molecule has 1 aromatic heterocycles. The predicted octanol–water partition coefficient (Wildman–Crippen LogP) is 1.42. The van der Waals surface area contributed by atoms with E-state index in [2.05, 4.69) is 14.9 Å². The maximum absolute atomic E-state index is 10.6. The Labute approximate surface area is 126 Å². The summed E-state index contributed by atoms with van der Waals surface area (Å²) in [4.78, 5) is 22.3. The highest BCUT2D eigenvalue weighted by atomic mass is 16.6. The first-order valence-electron chi connectivity index (χ1n) is 6.89. The molecule has 22 heavy (non-hydrogen) atoms. The highest BCUT2D eigenvalue weighted by Crippen LogP contribution is 2.22. The third-order valence-corrected chi connectivity index (χ3v) is 3.59. The molecule has 2 aromatic rings. The average Bonchev–Trinajstić information content (AvgIpc) is 2.55. The van der Waals surface area contributed by atoms with Crippen molar-refractivity contribution in [2.45, 2.75) is 0 Å². The van der Waals surface area contributed by atoms with Crippen LogP contribution in [0.4, 0.5) is 17.3 Å². The van der Waals surface area contributed by atoms with Gasteiger partial charge in [0.1, 0.15) is 18.1 Å². The van der Waals surface area contributed by atoms with Gasteiger partial charge < -0.3 is 14.9 Å². The molecule has 8 heteroatoms. The van der Waals surface area contributed by atoms with Crippen molar-refractivity contribution in [1.82, 2.24) is 9.97 Å². The van der Waals surface area contributed by atoms with Gasteiger partial charge in [-0.1, -0.05) is 6.07 Å². The van der Waals surface area contributed by atoms with Gasteiger partial charge in [-0.05, 0) is 12.1 Å². The highest BCUT2D eigenvalue weighted by Gasteiger charge is 2.20. The number of piperazine rings is 1. The number of aromatic hydroxyl groups is 1. The molecule has 1 aromatic carbocycles. The smallest absolute Gasteiger partial charge is 0.305 e. The summed E-state index contributed by atoms with van der Waals surface area (Å²) < 4.78 is 0. The number of hydrogen-bond donors (Lipinski definition) is 1. The third-order valence-electron chi connectivity index (χ3n) is 3.59. The monoisotopic (exact) mass is 301 g/mol. The number of anilines is 2. The van der Waals surface area contributed by atoms with Gasteiger partial charge in [0.2, 0.25) is 5.95 Å². The summed E-state index contributed by atoms with van der Waals surface area (Å²) in [6, 6.07) is 7.15. The second kappa shape index (κ2) is 5.84. The number of benzene rings is 1. The lowest BCUT2D eigenvalue weighted by molar-refractivity contribution is -0.385. The molecule has 8 nitrogen and oxygen atoms in total. The summed E-state index contributed by atoms with van der Waals surface area (Å²) in [6.07, 6.45) is 2.45. The number of aromatic nitrogens is 2. The highest BCUT2D eigenvalue weighted by molar-refractivity contribution is 5.51. The Balaban J connectivity index is 1.65. The van der Waals surface area contributed by atoms with E-state index in [1.54, 1.807) is 12.1 Å². The van der Waals surface area contributed by atoms with Crippen LogP contribution in [0.3, 0.4) is 0 Å². The first-order chi connectivity index (χ1) is 10.6. The molecule has 3 rings (SSSR count). The standard InChI is InChI=1S/C14H15N5O3/c20-13-3-1-2-11(8-13)17-4-6-18(7-5-17)14-15-9-12(10-16-14)19(21)22/h1-3,8-10,20H,4-7H2. The fourth-order valence-electron chi connectivity index (χ4n) is 2.43. The van der Waals surface area contributed by atoms with Gasteiger partial charge in [-0.2, -0.15) is 0 Å². The first kappa shape index (κ1) is 14.1. The minimum absolute atomic E-state index is 0.109.